The van der Waals surface area contributed by atoms with Crippen LogP contribution in [0.5, 0.6) is 5.75 Å². The van der Waals surface area contributed by atoms with Gasteiger partial charge in [0.2, 0.25) is 0 Å². The van der Waals surface area contributed by atoms with Gasteiger partial charge >= 0.3 is 0 Å². The molecular weight excluding hydrogens is 376 g/mol. The maximum absolute atomic E-state index is 11.6. The Morgan fingerprint density at radius 1 is 1.07 bits per heavy atom. The normalized spacial score (nSPS) is 15.1. The Morgan fingerprint density at radius 2 is 1.86 bits per heavy atom. The molecule has 2 aromatic carbocycles. The van der Waals surface area contributed by atoms with Crippen LogP contribution in [0.4, 0.5) is 4.79 Å². The van der Waals surface area contributed by atoms with Gasteiger partial charge in [0, 0.05) is 0 Å². The monoisotopic (exact) mass is 392 g/mol. The summed E-state index contributed by atoms with van der Waals surface area (Å²) < 4.78 is 7.52. The Labute approximate surface area is 165 Å². The number of imide groups is 1. The fourth-order valence-electron chi connectivity index (χ4n) is 2.64. The molecule has 28 heavy (non-hydrogen) atoms. The average Bonchev–Trinajstić information content (AvgIpc) is 3.27. The van der Waals surface area contributed by atoms with Crippen molar-refractivity contribution < 1.29 is 14.3 Å². The van der Waals surface area contributed by atoms with Crippen molar-refractivity contribution in [2.45, 2.75) is 13.2 Å². The summed E-state index contributed by atoms with van der Waals surface area (Å²) >= 11 is 0.896. The van der Waals surface area contributed by atoms with E-state index in [9.17, 15) is 9.59 Å². The van der Waals surface area contributed by atoms with E-state index in [4.69, 9.17) is 4.74 Å². The molecule has 0 saturated carbocycles. The van der Waals surface area contributed by atoms with E-state index in [1.54, 1.807) is 22.9 Å². The van der Waals surface area contributed by atoms with Gasteiger partial charge in [0.05, 0.1) is 17.6 Å². The fraction of sp³-hybridized carbons (Fsp3) is 0.100. The fourth-order valence-corrected chi connectivity index (χ4v) is 3.32. The van der Waals surface area contributed by atoms with Crippen molar-refractivity contribution in [3.05, 3.63) is 82.5 Å². The maximum atomic E-state index is 11.6. The molecule has 3 aromatic rings. The van der Waals surface area contributed by atoms with E-state index in [1.165, 1.54) is 0 Å². The molecule has 1 aliphatic heterocycles. The number of aromatic nitrogens is 3. The number of ether oxygens (including phenoxy) is 1. The maximum Gasteiger partial charge on any atom is 0.290 e. The summed E-state index contributed by atoms with van der Waals surface area (Å²) in [5, 5.41) is 10.1. The molecule has 8 heteroatoms. The number of thioether (sulfide) groups is 1. The van der Waals surface area contributed by atoms with Gasteiger partial charge in [-0.3, -0.25) is 14.9 Å². The summed E-state index contributed by atoms with van der Waals surface area (Å²) in [6.07, 6.45) is 3.53. The zero-order valence-corrected chi connectivity index (χ0v) is 15.6. The summed E-state index contributed by atoms with van der Waals surface area (Å²) in [7, 11) is 0. The zero-order chi connectivity index (χ0) is 19.3. The Balaban J connectivity index is 1.34. The predicted molar refractivity (Wildman–Crippen MR) is 105 cm³/mol. The van der Waals surface area contributed by atoms with Gasteiger partial charge in [-0.2, -0.15) is 0 Å². The zero-order valence-electron chi connectivity index (χ0n) is 14.7. The first-order chi connectivity index (χ1) is 13.7. The molecule has 1 fully saturated rings. The molecule has 4 rings (SSSR count). The van der Waals surface area contributed by atoms with Gasteiger partial charge in [0.1, 0.15) is 18.1 Å². The van der Waals surface area contributed by atoms with Gasteiger partial charge < -0.3 is 4.74 Å². The Kier molecular flexibility index (Phi) is 5.20. The summed E-state index contributed by atoms with van der Waals surface area (Å²) in [4.78, 5) is 23.1. The minimum Gasteiger partial charge on any atom is -0.487 e. The van der Waals surface area contributed by atoms with Crippen LogP contribution < -0.4 is 10.1 Å². The molecule has 1 N–H and O–H groups in total. The SMILES string of the molecule is O=C1NC(=O)/C(=C/c2ccc(OCc3cn(Cc4ccccc4)nn3)cc2)S1. The molecule has 1 aliphatic rings. The van der Waals surface area contributed by atoms with E-state index in [0.29, 0.717) is 23.8 Å². The van der Waals surface area contributed by atoms with Crippen LogP contribution in [-0.2, 0) is 17.9 Å². The second-order valence-corrected chi connectivity index (χ2v) is 7.12. The Hall–Kier alpha value is -3.39. The van der Waals surface area contributed by atoms with Gasteiger partial charge in [-0.05, 0) is 41.1 Å². The number of hydrogen-bond donors (Lipinski definition) is 1. The summed E-state index contributed by atoms with van der Waals surface area (Å²) in [6.45, 7) is 0.966. The summed E-state index contributed by atoms with van der Waals surface area (Å²) in [6, 6.07) is 17.3. The number of carbonyl (C=O) groups excluding carboxylic acids is 2. The second kappa shape index (κ2) is 8.10. The first-order valence-corrected chi connectivity index (χ1v) is 9.38. The van der Waals surface area contributed by atoms with Gasteiger partial charge in [-0.15, -0.1) is 5.10 Å². The summed E-state index contributed by atoms with van der Waals surface area (Å²) in [5.41, 5.74) is 2.70. The third-order valence-corrected chi connectivity index (χ3v) is 4.79. The van der Waals surface area contributed by atoms with Crippen LogP contribution in [0.2, 0.25) is 0 Å². The lowest BCUT2D eigenvalue weighted by molar-refractivity contribution is -0.115. The third-order valence-electron chi connectivity index (χ3n) is 3.98. The molecule has 1 saturated heterocycles. The molecule has 1 aromatic heterocycles. The van der Waals surface area contributed by atoms with E-state index in [2.05, 4.69) is 15.6 Å². The molecule has 0 aliphatic carbocycles. The van der Waals surface area contributed by atoms with Crippen molar-refractivity contribution in [1.82, 2.24) is 20.3 Å². The lowest BCUT2D eigenvalue weighted by Crippen LogP contribution is -2.17. The Bertz CT molecular complexity index is 1030. The van der Waals surface area contributed by atoms with Gasteiger partial charge in [-0.25, -0.2) is 4.68 Å². The van der Waals surface area contributed by atoms with Crippen LogP contribution in [-0.4, -0.2) is 26.1 Å². The molecule has 7 nitrogen and oxygen atoms in total. The molecular formula is C20H16N4O3S. The van der Waals surface area contributed by atoms with Crippen LogP contribution in [0, 0.1) is 0 Å². The van der Waals surface area contributed by atoms with Crippen molar-refractivity contribution in [3.8, 4) is 5.75 Å². The average molecular weight is 392 g/mol. The molecule has 140 valence electrons. The minimum absolute atomic E-state index is 0.308. The highest BCUT2D eigenvalue weighted by atomic mass is 32.2. The molecule has 0 radical (unpaired) electrons. The lowest BCUT2D eigenvalue weighted by atomic mass is 10.2. The first-order valence-electron chi connectivity index (χ1n) is 8.56. The Morgan fingerprint density at radius 3 is 2.57 bits per heavy atom. The highest BCUT2D eigenvalue weighted by Crippen LogP contribution is 2.26. The van der Waals surface area contributed by atoms with Crippen molar-refractivity contribution in [1.29, 1.82) is 0 Å². The van der Waals surface area contributed by atoms with Gasteiger partial charge in [0.25, 0.3) is 11.1 Å². The van der Waals surface area contributed by atoms with Crippen LogP contribution >= 0.6 is 11.8 Å². The topological polar surface area (TPSA) is 86.1 Å². The van der Waals surface area contributed by atoms with Crippen LogP contribution in [0.1, 0.15) is 16.8 Å². The van der Waals surface area contributed by atoms with E-state index >= 15 is 0 Å². The molecule has 0 spiro atoms. The molecule has 2 heterocycles. The number of benzene rings is 2. The first kappa shape index (κ1) is 18.0. The smallest absolute Gasteiger partial charge is 0.290 e. The third kappa shape index (κ3) is 4.47. The van der Waals surface area contributed by atoms with Crippen LogP contribution in [0.15, 0.2) is 65.7 Å². The second-order valence-electron chi connectivity index (χ2n) is 6.10. The molecule has 0 atom stereocenters. The van der Waals surface area contributed by atoms with E-state index in [0.717, 1.165) is 28.6 Å². The predicted octanol–water partition coefficient (Wildman–Crippen LogP) is 3.23. The lowest BCUT2D eigenvalue weighted by Gasteiger charge is -2.04. The largest absolute Gasteiger partial charge is 0.487 e. The highest BCUT2D eigenvalue weighted by molar-refractivity contribution is 8.18. The molecule has 0 bridgehead atoms. The summed E-state index contributed by atoms with van der Waals surface area (Å²) in [5.74, 6) is 0.313. The van der Waals surface area contributed by atoms with Crippen molar-refractivity contribution in [3.63, 3.8) is 0 Å². The van der Waals surface area contributed by atoms with Crippen molar-refractivity contribution in [2.24, 2.45) is 0 Å². The van der Waals surface area contributed by atoms with Crippen LogP contribution in [0.3, 0.4) is 0 Å². The van der Waals surface area contributed by atoms with E-state index < -0.39 is 0 Å². The number of nitrogens with one attached hydrogen (secondary N) is 1. The van der Waals surface area contributed by atoms with E-state index in [-0.39, 0.29) is 11.1 Å². The quantitative estimate of drug-likeness (QED) is 0.648. The highest BCUT2D eigenvalue weighted by Gasteiger charge is 2.24. The van der Waals surface area contributed by atoms with Crippen molar-refractivity contribution >= 4 is 29.0 Å². The number of nitrogens with zero attached hydrogens (tertiary/aromatic N) is 3. The van der Waals surface area contributed by atoms with Crippen molar-refractivity contribution in [2.75, 3.05) is 0 Å². The van der Waals surface area contributed by atoms with Gasteiger partial charge in [-0.1, -0.05) is 47.7 Å². The minimum atomic E-state index is -0.367. The number of amides is 2. The number of hydrogen-bond acceptors (Lipinski definition) is 6. The standard InChI is InChI=1S/C20H16N4O3S/c25-19-18(28-20(26)21-19)10-14-6-8-17(9-7-14)27-13-16-12-24(23-22-16)11-15-4-2-1-3-5-15/h1-10,12H,11,13H2,(H,21,25,26)/b18-10-. The number of carbonyl (C=O) groups is 2. The van der Waals surface area contributed by atoms with Crippen LogP contribution in [0.25, 0.3) is 6.08 Å². The van der Waals surface area contributed by atoms with Gasteiger partial charge in [0.15, 0.2) is 0 Å². The van der Waals surface area contributed by atoms with E-state index in [1.807, 2.05) is 48.7 Å². The molecule has 0 unspecified atom stereocenters. The number of rotatable bonds is 6. The molecule has 2 amide bonds.